The number of aryl methyl sites for hydroxylation is 1. The van der Waals surface area contributed by atoms with Crippen LogP contribution in [0.25, 0.3) is 0 Å². The number of hydrogen-bond donors (Lipinski definition) is 1. The fourth-order valence-corrected chi connectivity index (χ4v) is 2.04. The molecule has 1 amide bonds. The summed E-state index contributed by atoms with van der Waals surface area (Å²) in [7, 11) is 0. The normalized spacial score (nSPS) is 10.3. The molecule has 2 aromatic rings. The number of carbonyl (C=O) groups excluding carboxylic acids is 1. The second-order valence-corrected chi connectivity index (χ2v) is 5.09. The molecule has 0 aliphatic rings. The lowest BCUT2D eigenvalue weighted by molar-refractivity contribution is 0.0950. The van der Waals surface area contributed by atoms with Crippen molar-refractivity contribution in [1.29, 1.82) is 0 Å². The van der Waals surface area contributed by atoms with Gasteiger partial charge in [0.2, 0.25) is 0 Å². The average Bonchev–Trinajstić information content (AvgIpc) is 2.39. The number of aromatic nitrogens is 1. The van der Waals surface area contributed by atoms with Crippen LogP contribution in [0, 0.1) is 12.7 Å². The number of nitrogens with one attached hydrogen (secondary N) is 1. The maximum absolute atomic E-state index is 13.5. The summed E-state index contributed by atoms with van der Waals surface area (Å²) in [5, 5.41) is 2.67. The molecule has 0 aliphatic carbocycles. The minimum Gasteiger partial charge on any atom is -0.348 e. The van der Waals surface area contributed by atoms with Gasteiger partial charge in [-0.15, -0.1) is 0 Å². The Balaban J connectivity index is 2.06. The molecular weight excluding hydrogens is 311 g/mol. The Labute approximate surface area is 119 Å². The van der Waals surface area contributed by atoms with Crippen LogP contribution in [0.1, 0.15) is 21.5 Å². The number of nitrogens with zero attached hydrogens (tertiary/aromatic N) is 1. The van der Waals surface area contributed by atoms with Gasteiger partial charge in [0.1, 0.15) is 5.82 Å². The van der Waals surface area contributed by atoms with E-state index in [1.54, 1.807) is 24.4 Å². The molecule has 19 heavy (non-hydrogen) atoms. The maximum atomic E-state index is 13.5. The quantitative estimate of drug-likeness (QED) is 0.942. The second kappa shape index (κ2) is 5.93. The molecular formula is C14H12BrFN2O. The van der Waals surface area contributed by atoms with Crippen molar-refractivity contribution in [2.45, 2.75) is 13.5 Å². The first-order valence-corrected chi connectivity index (χ1v) is 6.49. The van der Waals surface area contributed by atoms with Crippen molar-refractivity contribution in [3.63, 3.8) is 0 Å². The number of carbonyl (C=O) groups is 1. The molecule has 5 heteroatoms. The van der Waals surface area contributed by atoms with Gasteiger partial charge in [-0.2, -0.15) is 0 Å². The number of amides is 1. The molecule has 0 aliphatic heterocycles. The molecule has 1 aromatic carbocycles. The summed E-state index contributed by atoms with van der Waals surface area (Å²) in [6, 6.07) is 6.36. The van der Waals surface area contributed by atoms with Gasteiger partial charge in [-0.25, -0.2) is 4.39 Å². The highest BCUT2D eigenvalue weighted by atomic mass is 79.9. The van der Waals surface area contributed by atoms with Crippen LogP contribution < -0.4 is 5.32 Å². The predicted octanol–water partition coefficient (Wildman–Crippen LogP) is 3.22. The van der Waals surface area contributed by atoms with E-state index in [1.165, 1.54) is 12.3 Å². The molecule has 1 aromatic heterocycles. The third-order valence-corrected chi connectivity index (χ3v) is 3.08. The topological polar surface area (TPSA) is 42.0 Å². The summed E-state index contributed by atoms with van der Waals surface area (Å²) in [5.74, 6) is -0.610. The number of halogens is 2. The van der Waals surface area contributed by atoms with Crippen molar-refractivity contribution < 1.29 is 9.18 Å². The average molecular weight is 323 g/mol. The summed E-state index contributed by atoms with van der Waals surface area (Å²) in [5.41, 5.74) is 1.81. The highest BCUT2D eigenvalue weighted by Gasteiger charge is 2.08. The predicted molar refractivity (Wildman–Crippen MR) is 74.2 cm³/mol. The smallest absolute Gasteiger partial charge is 0.253 e. The first-order chi connectivity index (χ1) is 9.06. The summed E-state index contributed by atoms with van der Waals surface area (Å²) in [6.07, 6.45) is 3.16. The highest BCUT2D eigenvalue weighted by Crippen LogP contribution is 2.15. The van der Waals surface area contributed by atoms with Crippen LogP contribution in [-0.4, -0.2) is 10.9 Å². The van der Waals surface area contributed by atoms with Gasteiger partial charge in [0.15, 0.2) is 0 Å². The summed E-state index contributed by atoms with van der Waals surface area (Å²) >= 11 is 3.27. The highest BCUT2D eigenvalue weighted by molar-refractivity contribution is 9.10. The number of rotatable bonds is 3. The van der Waals surface area contributed by atoms with Crippen LogP contribution in [0.2, 0.25) is 0 Å². The summed E-state index contributed by atoms with van der Waals surface area (Å²) < 4.78 is 14.3. The summed E-state index contributed by atoms with van der Waals surface area (Å²) in [4.78, 5) is 15.8. The minimum atomic E-state index is -0.342. The zero-order chi connectivity index (χ0) is 13.8. The summed E-state index contributed by atoms with van der Waals surface area (Å²) in [6.45, 7) is 2.00. The van der Waals surface area contributed by atoms with Gasteiger partial charge in [0.25, 0.3) is 5.91 Å². The number of benzene rings is 1. The van der Waals surface area contributed by atoms with Gasteiger partial charge in [-0.05, 0) is 36.8 Å². The maximum Gasteiger partial charge on any atom is 0.253 e. The number of hydrogen-bond acceptors (Lipinski definition) is 2. The Hall–Kier alpha value is -1.75. The van der Waals surface area contributed by atoms with Crippen molar-refractivity contribution in [1.82, 2.24) is 10.3 Å². The van der Waals surface area contributed by atoms with Gasteiger partial charge >= 0.3 is 0 Å². The van der Waals surface area contributed by atoms with Crippen molar-refractivity contribution in [2.24, 2.45) is 0 Å². The molecule has 2 rings (SSSR count). The molecule has 0 fully saturated rings. The van der Waals surface area contributed by atoms with Crippen LogP contribution >= 0.6 is 15.9 Å². The largest absolute Gasteiger partial charge is 0.348 e. The molecule has 3 nitrogen and oxygen atoms in total. The van der Waals surface area contributed by atoms with Crippen LogP contribution in [0.15, 0.2) is 41.1 Å². The molecule has 1 heterocycles. The lowest BCUT2D eigenvalue weighted by Crippen LogP contribution is -2.23. The van der Waals surface area contributed by atoms with Crippen molar-refractivity contribution >= 4 is 21.8 Å². The Morgan fingerprint density at radius 2 is 2.16 bits per heavy atom. The second-order valence-electron chi connectivity index (χ2n) is 4.17. The van der Waals surface area contributed by atoms with Gasteiger partial charge in [-0.1, -0.05) is 15.9 Å². The number of pyridine rings is 1. The van der Waals surface area contributed by atoms with Crippen molar-refractivity contribution in [2.75, 3.05) is 0 Å². The van der Waals surface area contributed by atoms with E-state index in [4.69, 9.17) is 0 Å². The van der Waals surface area contributed by atoms with Crippen LogP contribution in [0.5, 0.6) is 0 Å². The zero-order valence-corrected chi connectivity index (χ0v) is 11.9. The Kier molecular flexibility index (Phi) is 4.27. The first kappa shape index (κ1) is 13.7. The van der Waals surface area contributed by atoms with Gasteiger partial charge < -0.3 is 5.32 Å². The van der Waals surface area contributed by atoms with Crippen molar-refractivity contribution in [3.8, 4) is 0 Å². The van der Waals surface area contributed by atoms with E-state index in [0.29, 0.717) is 11.1 Å². The van der Waals surface area contributed by atoms with Crippen LogP contribution in [0.3, 0.4) is 0 Å². The molecule has 0 radical (unpaired) electrons. The van der Waals surface area contributed by atoms with E-state index >= 15 is 0 Å². The van der Waals surface area contributed by atoms with Crippen LogP contribution in [0.4, 0.5) is 4.39 Å². The molecule has 0 unspecified atom stereocenters. The Morgan fingerprint density at radius 3 is 2.89 bits per heavy atom. The Morgan fingerprint density at radius 1 is 1.37 bits per heavy atom. The third kappa shape index (κ3) is 3.61. The van der Waals surface area contributed by atoms with E-state index < -0.39 is 0 Å². The fraction of sp³-hybridized carbons (Fsp3) is 0.143. The standard InChI is InChI=1S/C14H12BrFN2O/c1-9-4-11(7-17-6-9)14(19)18-8-10-5-12(15)2-3-13(10)16/h2-7H,8H2,1H3,(H,18,19). The van der Waals surface area contributed by atoms with Crippen molar-refractivity contribution in [3.05, 3.63) is 63.6 Å². The molecule has 98 valence electrons. The monoisotopic (exact) mass is 322 g/mol. The first-order valence-electron chi connectivity index (χ1n) is 5.70. The van der Waals surface area contributed by atoms with Gasteiger partial charge in [-0.3, -0.25) is 9.78 Å². The van der Waals surface area contributed by atoms with Gasteiger partial charge in [0.05, 0.1) is 5.56 Å². The fourth-order valence-electron chi connectivity index (χ4n) is 1.64. The van der Waals surface area contributed by atoms with E-state index in [1.807, 2.05) is 6.92 Å². The lowest BCUT2D eigenvalue weighted by atomic mass is 10.2. The zero-order valence-electron chi connectivity index (χ0n) is 10.3. The van der Waals surface area contributed by atoms with E-state index in [-0.39, 0.29) is 18.3 Å². The lowest BCUT2D eigenvalue weighted by Gasteiger charge is -2.07. The third-order valence-electron chi connectivity index (χ3n) is 2.58. The molecule has 0 bridgehead atoms. The van der Waals surface area contributed by atoms with E-state index in [2.05, 4.69) is 26.2 Å². The SMILES string of the molecule is Cc1cncc(C(=O)NCc2cc(Br)ccc2F)c1. The molecule has 0 saturated heterocycles. The van der Waals surface area contributed by atoms with E-state index in [9.17, 15) is 9.18 Å². The molecule has 1 N–H and O–H groups in total. The van der Waals surface area contributed by atoms with Gasteiger partial charge in [0, 0.05) is 29.0 Å². The molecule has 0 spiro atoms. The van der Waals surface area contributed by atoms with E-state index in [0.717, 1.165) is 10.0 Å². The minimum absolute atomic E-state index is 0.137. The molecule has 0 saturated carbocycles. The van der Waals surface area contributed by atoms with Crippen LogP contribution in [-0.2, 0) is 6.54 Å². The Bertz CT molecular complexity index is 616. The molecule has 0 atom stereocenters.